The van der Waals surface area contributed by atoms with Crippen molar-refractivity contribution in [1.29, 1.82) is 0 Å². The normalized spacial score (nSPS) is 18.9. The predicted octanol–water partition coefficient (Wildman–Crippen LogP) is 3.98. The maximum Gasteiger partial charge on any atom is 0.256 e. The summed E-state index contributed by atoms with van der Waals surface area (Å²) in [7, 11) is 0. The molecule has 1 aromatic heterocycles. The van der Waals surface area contributed by atoms with Gasteiger partial charge in [0.05, 0.1) is 11.1 Å². The number of piperazine rings is 1. The van der Waals surface area contributed by atoms with Crippen molar-refractivity contribution in [3.8, 4) is 0 Å². The van der Waals surface area contributed by atoms with Crippen molar-refractivity contribution in [3.05, 3.63) is 118 Å². The number of aromatic nitrogens is 1. The molecule has 2 aliphatic heterocycles. The fourth-order valence-corrected chi connectivity index (χ4v) is 6.18. The fourth-order valence-electron chi connectivity index (χ4n) is 6.18. The Morgan fingerprint density at radius 3 is 2.31 bits per heavy atom. The minimum atomic E-state index is -0.753. The monoisotopic (exact) mass is 570 g/mol. The molecule has 216 valence electrons. The van der Waals surface area contributed by atoms with Crippen LogP contribution >= 0.6 is 0 Å². The van der Waals surface area contributed by atoms with E-state index >= 15 is 0 Å². The third kappa shape index (κ3) is 5.44. The van der Waals surface area contributed by atoms with Gasteiger partial charge in [-0.3, -0.25) is 14.4 Å². The number of carbonyl (C=O) groups is 2. The third-order valence-electron chi connectivity index (χ3n) is 8.43. The van der Waals surface area contributed by atoms with Gasteiger partial charge in [-0.15, -0.1) is 0 Å². The van der Waals surface area contributed by atoms with Crippen molar-refractivity contribution in [2.75, 3.05) is 32.7 Å². The Hall–Kier alpha value is -4.37. The van der Waals surface area contributed by atoms with Crippen LogP contribution in [0.25, 0.3) is 10.9 Å². The van der Waals surface area contributed by atoms with E-state index in [-0.39, 0.29) is 22.7 Å². The van der Waals surface area contributed by atoms with Gasteiger partial charge in [0.2, 0.25) is 5.91 Å². The second-order valence-corrected chi connectivity index (χ2v) is 11.1. The lowest BCUT2D eigenvalue weighted by molar-refractivity contribution is -0.139. The van der Waals surface area contributed by atoms with Gasteiger partial charge in [-0.1, -0.05) is 30.3 Å². The molecule has 7 nitrogen and oxygen atoms in total. The summed E-state index contributed by atoms with van der Waals surface area (Å²) in [5.41, 5.74) is 1.55. The zero-order valence-corrected chi connectivity index (χ0v) is 23.2. The van der Waals surface area contributed by atoms with Gasteiger partial charge in [0, 0.05) is 50.4 Å². The van der Waals surface area contributed by atoms with E-state index in [1.165, 1.54) is 24.3 Å². The maximum atomic E-state index is 14.9. The molecule has 2 fully saturated rings. The molecule has 2 saturated heterocycles. The van der Waals surface area contributed by atoms with Gasteiger partial charge in [0.15, 0.2) is 5.43 Å². The number of hydrogen-bond donors (Lipinski definition) is 1. The molecule has 2 amide bonds. The number of rotatable bonds is 6. The van der Waals surface area contributed by atoms with Crippen LogP contribution in [-0.2, 0) is 17.8 Å². The molecule has 4 aromatic rings. The first-order valence-electron chi connectivity index (χ1n) is 14.3. The highest BCUT2D eigenvalue weighted by atomic mass is 19.1. The van der Waals surface area contributed by atoms with Gasteiger partial charge in [0.25, 0.3) is 5.91 Å². The van der Waals surface area contributed by atoms with Crippen LogP contribution in [0.3, 0.4) is 0 Å². The first kappa shape index (κ1) is 27.8. The van der Waals surface area contributed by atoms with Gasteiger partial charge in [0.1, 0.15) is 17.2 Å². The largest absolute Gasteiger partial charge is 0.343 e. The second-order valence-electron chi connectivity index (χ2n) is 11.1. The summed E-state index contributed by atoms with van der Waals surface area (Å²) in [5.74, 6) is -1.34. The molecule has 0 unspecified atom stereocenters. The van der Waals surface area contributed by atoms with Crippen LogP contribution in [0, 0.1) is 11.6 Å². The number of halogens is 2. The molecule has 0 saturated carbocycles. The molecule has 1 atom stereocenters. The van der Waals surface area contributed by atoms with E-state index in [1.54, 1.807) is 46.3 Å². The summed E-state index contributed by atoms with van der Waals surface area (Å²) < 4.78 is 30.3. The second kappa shape index (κ2) is 11.5. The van der Waals surface area contributed by atoms with Crippen molar-refractivity contribution in [1.82, 2.24) is 19.7 Å². The molecule has 3 heterocycles. The number of para-hydroxylation sites is 1. The quantitative estimate of drug-likeness (QED) is 0.381. The number of nitrogens with zero attached hydrogens (tertiary/aromatic N) is 3. The number of nitrogens with one attached hydrogen (secondary N) is 1. The van der Waals surface area contributed by atoms with Crippen LogP contribution in [0.15, 0.2) is 83.8 Å². The van der Waals surface area contributed by atoms with Crippen LogP contribution < -0.4 is 10.7 Å². The van der Waals surface area contributed by atoms with E-state index in [0.29, 0.717) is 51.0 Å². The molecular weight excluding hydrogens is 538 g/mol. The first-order valence-corrected chi connectivity index (χ1v) is 14.3. The standard InChI is InChI=1S/C33H32F2N4O3/c34-25-9-6-23(7-10-25)21-33(13-3-14-36-33)32(42)38-18-16-37(17-19-38)31(41)27-20-24(8-11-28(27)35)22-39-15-12-30(40)26-4-1-2-5-29(26)39/h1-2,4-12,15,20,36H,3,13-14,16-19,21-22H2/t33-/m1/s1. The topological polar surface area (TPSA) is 74.7 Å². The lowest BCUT2D eigenvalue weighted by atomic mass is 9.87. The van der Waals surface area contributed by atoms with Crippen LogP contribution in [-0.4, -0.2) is 64.4 Å². The van der Waals surface area contributed by atoms with Crippen molar-refractivity contribution in [3.63, 3.8) is 0 Å². The molecule has 42 heavy (non-hydrogen) atoms. The smallest absolute Gasteiger partial charge is 0.256 e. The minimum absolute atomic E-state index is 0.0112. The average Bonchev–Trinajstić information content (AvgIpc) is 3.50. The van der Waals surface area contributed by atoms with E-state index in [4.69, 9.17) is 0 Å². The number of pyridine rings is 1. The molecule has 6 rings (SSSR count). The van der Waals surface area contributed by atoms with Crippen LogP contribution in [0.4, 0.5) is 8.78 Å². The van der Waals surface area contributed by atoms with Gasteiger partial charge in [-0.2, -0.15) is 0 Å². The van der Waals surface area contributed by atoms with Gasteiger partial charge in [-0.25, -0.2) is 8.78 Å². The highest BCUT2D eigenvalue weighted by molar-refractivity contribution is 5.95. The lowest BCUT2D eigenvalue weighted by Gasteiger charge is -2.40. The van der Waals surface area contributed by atoms with Crippen molar-refractivity contribution >= 4 is 22.7 Å². The van der Waals surface area contributed by atoms with Crippen LogP contribution in [0.1, 0.15) is 34.3 Å². The Balaban J connectivity index is 1.14. The molecule has 0 aliphatic carbocycles. The molecular formula is C33H32F2N4O3. The summed E-state index contributed by atoms with van der Waals surface area (Å²) in [5, 5.41) is 4.00. The number of amides is 2. The van der Waals surface area contributed by atoms with E-state index in [0.717, 1.165) is 29.6 Å². The van der Waals surface area contributed by atoms with Gasteiger partial charge >= 0.3 is 0 Å². The summed E-state index contributed by atoms with van der Waals surface area (Å²) in [4.78, 5) is 42.8. The molecule has 0 radical (unpaired) electrons. The molecule has 3 aromatic carbocycles. The SMILES string of the molecule is O=C(c1cc(Cn2ccc(=O)c3ccccc32)ccc1F)N1CCN(C(=O)[C@]2(Cc3ccc(F)cc3)CCCN2)CC1. The average molecular weight is 571 g/mol. The Morgan fingerprint density at radius 1 is 0.857 bits per heavy atom. The summed E-state index contributed by atoms with van der Waals surface area (Å²) >= 11 is 0. The molecule has 0 spiro atoms. The number of benzene rings is 3. The zero-order valence-electron chi connectivity index (χ0n) is 23.2. The fraction of sp³-hybridized carbons (Fsp3) is 0.303. The van der Waals surface area contributed by atoms with Crippen LogP contribution in [0.5, 0.6) is 0 Å². The maximum absolute atomic E-state index is 14.9. The highest BCUT2D eigenvalue weighted by Gasteiger charge is 2.44. The first-order chi connectivity index (χ1) is 20.3. The summed E-state index contributed by atoms with van der Waals surface area (Å²) in [6.07, 6.45) is 3.73. The van der Waals surface area contributed by atoms with Crippen molar-refractivity contribution < 1.29 is 18.4 Å². The molecule has 9 heteroatoms. The summed E-state index contributed by atoms with van der Waals surface area (Å²) in [6, 6.07) is 19.6. The lowest BCUT2D eigenvalue weighted by Crippen LogP contribution is -2.60. The van der Waals surface area contributed by atoms with E-state index in [9.17, 15) is 23.2 Å². The number of carbonyl (C=O) groups excluding carboxylic acids is 2. The highest BCUT2D eigenvalue weighted by Crippen LogP contribution is 2.28. The summed E-state index contributed by atoms with van der Waals surface area (Å²) in [6.45, 7) is 2.39. The van der Waals surface area contributed by atoms with E-state index < -0.39 is 17.3 Å². The van der Waals surface area contributed by atoms with Crippen LogP contribution in [0.2, 0.25) is 0 Å². The number of fused-ring (bicyclic) bond motifs is 1. The Labute approximate surface area is 242 Å². The minimum Gasteiger partial charge on any atom is -0.343 e. The molecule has 2 aliphatic rings. The van der Waals surface area contributed by atoms with Crippen molar-refractivity contribution in [2.45, 2.75) is 31.3 Å². The Kier molecular flexibility index (Phi) is 7.60. The molecule has 0 bridgehead atoms. The zero-order chi connectivity index (χ0) is 29.3. The van der Waals surface area contributed by atoms with Crippen molar-refractivity contribution in [2.24, 2.45) is 0 Å². The van der Waals surface area contributed by atoms with E-state index in [2.05, 4.69) is 5.32 Å². The van der Waals surface area contributed by atoms with E-state index in [1.807, 2.05) is 22.8 Å². The molecule has 1 N–H and O–H groups in total. The Morgan fingerprint density at radius 2 is 1.57 bits per heavy atom. The van der Waals surface area contributed by atoms with Gasteiger partial charge < -0.3 is 19.7 Å². The van der Waals surface area contributed by atoms with Gasteiger partial charge in [-0.05, 0) is 73.3 Å². The third-order valence-corrected chi connectivity index (χ3v) is 8.43. The predicted molar refractivity (Wildman–Crippen MR) is 156 cm³/mol. The number of hydrogen-bond acceptors (Lipinski definition) is 4. The Bertz CT molecular complexity index is 1690.